The van der Waals surface area contributed by atoms with Gasteiger partial charge in [0.1, 0.15) is 0 Å². The number of rotatable bonds is 2. The smallest absolute Gasteiger partial charge is 0.243 e. The largest absolute Gasteiger partial charge is 0.399 e. The molecule has 0 aliphatic carbocycles. The van der Waals surface area contributed by atoms with Gasteiger partial charge in [-0.2, -0.15) is 0 Å². The first-order chi connectivity index (χ1) is 9.97. The molecule has 4 heteroatoms. The van der Waals surface area contributed by atoms with Crippen LogP contribution in [0.25, 0.3) is 0 Å². The van der Waals surface area contributed by atoms with E-state index in [0.29, 0.717) is 6.54 Å². The fraction of sp³-hybridized carbons (Fsp3) is 0.235. The molecule has 0 bridgehead atoms. The van der Waals surface area contributed by atoms with Crippen molar-refractivity contribution in [3.8, 4) is 0 Å². The van der Waals surface area contributed by atoms with Crippen molar-refractivity contribution in [3.63, 3.8) is 0 Å². The minimum absolute atomic E-state index is 0.133. The molecule has 0 unspecified atom stereocenters. The van der Waals surface area contributed by atoms with Crippen LogP contribution < -0.4 is 10.6 Å². The highest BCUT2D eigenvalue weighted by Crippen LogP contribution is 2.46. The van der Waals surface area contributed by atoms with Gasteiger partial charge in [-0.15, -0.1) is 11.8 Å². The Morgan fingerprint density at radius 3 is 2.57 bits per heavy atom. The van der Waals surface area contributed by atoms with Crippen molar-refractivity contribution >= 4 is 29.0 Å². The van der Waals surface area contributed by atoms with Gasteiger partial charge in [-0.1, -0.05) is 30.3 Å². The molecule has 2 aromatic carbocycles. The average Bonchev–Trinajstić information content (AvgIpc) is 2.44. The summed E-state index contributed by atoms with van der Waals surface area (Å²) in [5.74, 6) is 0.133. The molecule has 21 heavy (non-hydrogen) atoms. The summed E-state index contributed by atoms with van der Waals surface area (Å²) in [6, 6.07) is 15.8. The summed E-state index contributed by atoms with van der Waals surface area (Å²) in [5, 5.41) is 0. The molecule has 0 saturated carbocycles. The third-order valence-corrected chi connectivity index (χ3v) is 4.82. The Morgan fingerprint density at radius 2 is 1.86 bits per heavy atom. The normalized spacial score (nSPS) is 16.7. The van der Waals surface area contributed by atoms with E-state index in [9.17, 15) is 4.79 Å². The summed E-state index contributed by atoms with van der Waals surface area (Å²) >= 11 is 1.58. The number of nitrogens with two attached hydrogens (primary N) is 1. The molecular weight excluding hydrogens is 280 g/mol. The number of amides is 1. The molecule has 2 aromatic rings. The van der Waals surface area contributed by atoms with E-state index in [0.717, 1.165) is 21.8 Å². The molecule has 1 aliphatic rings. The standard InChI is InChI=1S/C17H18N2OS/c1-17(2)16(20)19(11-12-6-4-3-5-7-12)14-9-8-13(18)10-15(14)21-17/h3-10H,11,18H2,1-2H3. The number of nitrogens with zero attached hydrogens (tertiary/aromatic N) is 1. The molecule has 0 spiro atoms. The summed E-state index contributed by atoms with van der Waals surface area (Å²) in [6.07, 6.45) is 0. The average molecular weight is 298 g/mol. The summed E-state index contributed by atoms with van der Waals surface area (Å²) in [6.45, 7) is 4.51. The first-order valence-corrected chi connectivity index (χ1v) is 7.73. The Labute approximate surface area is 129 Å². The van der Waals surface area contributed by atoms with Crippen molar-refractivity contribution in [2.45, 2.75) is 30.0 Å². The molecule has 0 aromatic heterocycles. The predicted molar refractivity (Wildman–Crippen MR) is 88.4 cm³/mol. The molecule has 2 N–H and O–H groups in total. The lowest BCUT2D eigenvalue weighted by molar-refractivity contribution is -0.120. The van der Waals surface area contributed by atoms with Crippen LogP contribution in [0.3, 0.4) is 0 Å². The first-order valence-electron chi connectivity index (χ1n) is 6.92. The van der Waals surface area contributed by atoms with Gasteiger partial charge >= 0.3 is 0 Å². The molecule has 108 valence electrons. The molecule has 0 saturated heterocycles. The van der Waals surface area contributed by atoms with E-state index >= 15 is 0 Å². The molecule has 0 atom stereocenters. The Bertz CT molecular complexity index is 682. The summed E-state index contributed by atoms with van der Waals surface area (Å²) < 4.78 is -0.477. The molecule has 3 rings (SSSR count). The number of hydrogen-bond acceptors (Lipinski definition) is 3. The number of nitrogen functional groups attached to an aromatic ring is 1. The van der Waals surface area contributed by atoms with E-state index in [1.807, 2.05) is 67.3 Å². The summed E-state index contributed by atoms with van der Waals surface area (Å²) in [7, 11) is 0. The fourth-order valence-electron chi connectivity index (χ4n) is 2.51. The Kier molecular flexibility index (Phi) is 3.41. The molecule has 0 radical (unpaired) electrons. The number of carbonyl (C=O) groups excluding carboxylic acids is 1. The molecule has 0 fully saturated rings. The quantitative estimate of drug-likeness (QED) is 0.860. The lowest BCUT2D eigenvalue weighted by Gasteiger charge is -2.38. The van der Waals surface area contributed by atoms with Crippen LogP contribution >= 0.6 is 11.8 Å². The zero-order chi connectivity index (χ0) is 15.0. The van der Waals surface area contributed by atoms with Crippen LogP contribution in [0.15, 0.2) is 53.4 Å². The van der Waals surface area contributed by atoms with Crippen molar-refractivity contribution in [2.75, 3.05) is 10.6 Å². The van der Waals surface area contributed by atoms with Gasteiger partial charge in [0.05, 0.1) is 17.0 Å². The lowest BCUT2D eigenvalue weighted by Crippen LogP contribution is -2.46. The second kappa shape index (κ2) is 5.11. The minimum atomic E-state index is -0.477. The zero-order valence-electron chi connectivity index (χ0n) is 12.2. The van der Waals surface area contributed by atoms with E-state index in [2.05, 4.69) is 0 Å². The second-order valence-electron chi connectivity index (χ2n) is 5.72. The van der Waals surface area contributed by atoms with Gasteiger partial charge in [0.2, 0.25) is 5.91 Å². The van der Waals surface area contributed by atoms with Gasteiger partial charge in [0.15, 0.2) is 0 Å². The highest BCUT2D eigenvalue weighted by Gasteiger charge is 2.39. The van der Waals surface area contributed by atoms with Crippen molar-refractivity contribution in [1.82, 2.24) is 0 Å². The van der Waals surface area contributed by atoms with Gasteiger partial charge in [0, 0.05) is 10.6 Å². The highest BCUT2D eigenvalue weighted by molar-refractivity contribution is 8.01. The van der Waals surface area contributed by atoms with Crippen molar-refractivity contribution in [1.29, 1.82) is 0 Å². The summed E-state index contributed by atoms with van der Waals surface area (Å²) in [4.78, 5) is 15.7. The number of carbonyl (C=O) groups is 1. The van der Waals surface area contributed by atoms with E-state index in [-0.39, 0.29) is 5.91 Å². The van der Waals surface area contributed by atoms with Gasteiger partial charge < -0.3 is 10.6 Å². The number of anilines is 2. The topological polar surface area (TPSA) is 46.3 Å². The fourth-order valence-corrected chi connectivity index (χ4v) is 3.74. The highest BCUT2D eigenvalue weighted by atomic mass is 32.2. The third-order valence-electron chi connectivity index (χ3n) is 3.58. The molecular formula is C17H18N2OS. The van der Waals surface area contributed by atoms with Crippen LogP contribution in [-0.4, -0.2) is 10.7 Å². The van der Waals surface area contributed by atoms with Crippen LogP contribution in [0.4, 0.5) is 11.4 Å². The number of fused-ring (bicyclic) bond motifs is 1. The van der Waals surface area contributed by atoms with Gasteiger partial charge in [-0.3, -0.25) is 4.79 Å². The van der Waals surface area contributed by atoms with Crippen LogP contribution in [0.1, 0.15) is 19.4 Å². The molecule has 1 amide bonds. The Balaban J connectivity index is 2.04. The van der Waals surface area contributed by atoms with E-state index in [1.165, 1.54) is 0 Å². The van der Waals surface area contributed by atoms with Crippen molar-refractivity contribution in [2.24, 2.45) is 0 Å². The van der Waals surface area contributed by atoms with Crippen LogP contribution in [0, 0.1) is 0 Å². The van der Waals surface area contributed by atoms with Crippen molar-refractivity contribution in [3.05, 3.63) is 54.1 Å². The predicted octanol–water partition coefficient (Wildman–Crippen LogP) is 3.69. The van der Waals surface area contributed by atoms with Gasteiger partial charge in [-0.05, 0) is 37.6 Å². The second-order valence-corrected chi connectivity index (χ2v) is 7.38. The maximum absolute atomic E-state index is 12.8. The van der Waals surface area contributed by atoms with Gasteiger partial charge in [0.25, 0.3) is 0 Å². The SMILES string of the molecule is CC1(C)Sc2cc(N)ccc2N(Cc2ccccc2)C1=O. The maximum atomic E-state index is 12.8. The monoisotopic (exact) mass is 298 g/mol. The van der Waals surface area contributed by atoms with Gasteiger partial charge in [-0.25, -0.2) is 0 Å². The third kappa shape index (κ3) is 2.63. The maximum Gasteiger partial charge on any atom is 0.243 e. The lowest BCUT2D eigenvalue weighted by atomic mass is 10.1. The number of benzene rings is 2. The Hall–Kier alpha value is -1.94. The van der Waals surface area contributed by atoms with E-state index < -0.39 is 4.75 Å². The van der Waals surface area contributed by atoms with E-state index in [1.54, 1.807) is 11.8 Å². The van der Waals surface area contributed by atoms with E-state index in [4.69, 9.17) is 5.73 Å². The van der Waals surface area contributed by atoms with Crippen LogP contribution in [-0.2, 0) is 11.3 Å². The Morgan fingerprint density at radius 1 is 1.14 bits per heavy atom. The van der Waals surface area contributed by atoms with Crippen molar-refractivity contribution < 1.29 is 4.79 Å². The van der Waals surface area contributed by atoms with Crippen LogP contribution in [0.2, 0.25) is 0 Å². The first kappa shape index (κ1) is 14.0. The molecule has 1 heterocycles. The summed E-state index contributed by atoms with van der Waals surface area (Å²) in [5.41, 5.74) is 8.68. The zero-order valence-corrected chi connectivity index (χ0v) is 13.0. The molecule has 1 aliphatic heterocycles. The molecule has 3 nitrogen and oxygen atoms in total. The number of thioether (sulfide) groups is 1. The van der Waals surface area contributed by atoms with Crippen LogP contribution in [0.5, 0.6) is 0 Å². The minimum Gasteiger partial charge on any atom is -0.399 e. The number of hydrogen-bond donors (Lipinski definition) is 1.